The van der Waals surface area contributed by atoms with Crippen molar-refractivity contribution in [2.75, 3.05) is 20.1 Å². The van der Waals surface area contributed by atoms with E-state index in [1.54, 1.807) is 13.2 Å². The molecule has 1 aromatic carbocycles. The van der Waals surface area contributed by atoms with Gasteiger partial charge in [-0.05, 0) is 36.6 Å². The molecule has 0 aliphatic rings. The van der Waals surface area contributed by atoms with E-state index in [4.69, 9.17) is 0 Å². The Morgan fingerprint density at radius 3 is 2.69 bits per heavy atom. The van der Waals surface area contributed by atoms with Crippen molar-refractivity contribution < 1.29 is 0 Å². The number of nitrogens with one attached hydrogen (secondary N) is 2. The van der Waals surface area contributed by atoms with Crippen LogP contribution in [0.25, 0.3) is 5.69 Å². The van der Waals surface area contributed by atoms with Crippen molar-refractivity contribution in [1.82, 2.24) is 30.2 Å². The Labute approximate surface area is 153 Å². The number of hydrogen-bond acceptors (Lipinski definition) is 3. The van der Waals surface area contributed by atoms with Crippen molar-refractivity contribution in [3.8, 4) is 5.69 Å². The van der Waals surface area contributed by atoms with Crippen LogP contribution in [-0.2, 0) is 13.0 Å². The van der Waals surface area contributed by atoms with Crippen molar-refractivity contribution in [3.05, 3.63) is 66.7 Å². The van der Waals surface area contributed by atoms with Gasteiger partial charge in [0, 0.05) is 45.3 Å². The fraction of sp³-hybridized carbons (Fsp3) is 0.316. The molecule has 136 valence electrons. The molecule has 0 saturated heterocycles. The van der Waals surface area contributed by atoms with E-state index < -0.39 is 0 Å². The molecule has 7 heteroatoms. The largest absolute Gasteiger partial charge is 0.356 e. The zero-order chi connectivity index (χ0) is 18.0. The van der Waals surface area contributed by atoms with E-state index in [0.717, 1.165) is 44.1 Å². The molecule has 0 atom stereocenters. The quantitative estimate of drug-likeness (QED) is 0.369. The minimum absolute atomic E-state index is 0.805. The van der Waals surface area contributed by atoms with Gasteiger partial charge in [-0.1, -0.05) is 18.2 Å². The highest BCUT2D eigenvalue weighted by Crippen LogP contribution is 2.07. The summed E-state index contributed by atoms with van der Waals surface area (Å²) in [5.41, 5.74) is 2.26. The lowest BCUT2D eigenvalue weighted by molar-refractivity contribution is 0.570. The Morgan fingerprint density at radius 2 is 1.92 bits per heavy atom. The van der Waals surface area contributed by atoms with Crippen molar-refractivity contribution in [3.63, 3.8) is 0 Å². The molecule has 0 aliphatic carbocycles. The third-order valence-electron chi connectivity index (χ3n) is 4.00. The van der Waals surface area contributed by atoms with Crippen LogP contribution in [0.15, 0.2) is 66.2 Å². The third-order valence-corrected chi connectivity index (χ3v) is 4.00. The first-order chi connectivity index (χ1) is 12.8. The van der Waals surface area contributed by atoms with Gasteiger partial charge in [0.1, 0.15) is 0 Å². The molecule has 3 rings (SSSR count). The van der Waals surface area contributed by atoms with Crippen LogP contribution in [0.2, 0.25) is 0 Å². The molecule has 0 radical (unpaired) electrons. The number of hydrogen-bond donors (Lipinski definition) is 2. The lowest BCUT2D eigenvalue weighted by atomic mass is 10.2. The number of rotatable bonds is 8. The monoisotopic (exact) mass is 351 g/mol. The molecule has 7 nitrogen and oxygen atoms in total. The predicted molar refractivity (Wildman–Crippen MR) is 103 cm³/mol. The van der Waals surface area contributed by atoms with Crippen LogP contribution < -0.4 is 10.6 Å². The predicted octanol–water partition coefficient (Wildman–Crippen LogP) is 1.87. The van der Waals surface area contributed by atoms with Gasteiger partial charge in [0.05, 0.1) is 11.9 Å². The molecule has 3 aromatic rings. The highest BCUT2D eigenvalue weighted by Gasteiger charge is 2.02. The summed E-state index contributed by atoms with van der Waals surface area (Å²) in [6, 6.07) is 12.1. The van der Waals surface area contributed by atoms with E-state index in [2.05, 4.69) is 32.0 Å². The second-order valence-electron chi connectivity index (χ2n) is 5.93. The lowest BCUT2D eigenvalue weighted by Crippen LogP contribution is -2.38. The fourth-order valence-electron chi connectivity index (χ4n) is 2.64. The molecule has 0 saturated carbocycles. The van der Waals surface area contributed by atoms with Crippen LogP contribution in [-0.4, -0.2) is 45.7 Å². The summed E-state index contributed by atoms with van der Waals surface area (Å²) in [7, 11) is 1.79. The lowest BCUT2D eigenvalue weighted by Gasteiger charge is -2.11. The van der Waals surface area contributed by atoms with Crippen LogP contribution >= 0.6 is 0 Å². The highest BCUT2D eigenvalue weighted by molar-refractivity contribution is 5.79. The molecule has 0 amide bonds. The minimum atomic E-state index is 0.805. The topological polar surface area (TPSA) is 72.1 Å². The Balaban J connectivity index is 1.37. The van der Waals surface area contributed by atoms with E-state index >= 15 is 0 Å². The summed E-state index contributed by atoms with van der Waals surface area (Å²) in [6.45, 7) is 2.56. The summed E-state index contributed by atoms with van der Waals surface area (Å²) in [6.07, 6.45) is 9.63. The van der Waals surface area contributed by atoms with Gasteiger partial charge < -0.3 is 10.6 Å². The van der Waals surface area contributed by atoms with Crippen molar-refractivity contribution in [2.24, 2.45) is 4.99 Å². The maximum absolute atomic E-state index is 4.42. The number of nitrogens with zero attached hydrogens (tertiary/aromatic N) is 5. The van der Waals surface area contributed by atoms with Gasteiger partial charge in [0.15, 0.2) is 5.96 Å². The first-order valence-electron chi connectivity index (χ1n) is 8.86. The fourth-order valence-corrected chi connectivity index (χ4v) is 2.64. The number of para-hydroxylation sites is 1. The van der Waals surface area contributed by atoms with E-state index in [0.29, 0.717) is 0 Å². The molecule has 0 bridgehead atoms. The van der Waals surface area contributed by atoms with Gasteiger partial charge in [-0.2, -0.15) is 10.2 Å². The maximum atomic E-state index is 4.42. The molecule has 0 spiro atoms. The minimum Gasteiger partial charge on any atom is -0.356 e. The van der Waals surface area contributed by atoms with Crippen molar-refractivity contribution in [2.45, 2.75) is 19.4 Å². The van der Waals surface area contributed by atoms with E-state index in [1.165, 1.54) is 5.56 Å². The van der Waals surface area contributed by atoms with Gasteiger partial charge in [0.2, 0.25) is 0 Å². The summed E-state index contributed by atoms with van der Waals surface area (Å²) in [4.78, 5) is 4.26. The van der Waals surface area contributed by atoms with Crippen LogP contribution in [0.3, 0.4) is 0 Å². The molecular formula is C19H25N7. The van der Waals surface area contributed by atoms with Gasteiger partial charge >= 0.3 is 0 Å². The SMILES string of the molecule is CN=C(NCCCn1cccn1)NCCc1cnn(-c2ccccc2)c1. The van der Waals surface area contributed by atoms with Crippen LogP contribution in [0, 0.1) is 0 Å². The number of aliphatic imine (C=N–C) groups is 1. The number of aromatic nitrogens is 4. The molecule has 2 aromatic heterocycles. The smallest absolute Gasteiger partial charge is 0.190 e. The molecule has 26 heavy (non-hydrogen) atoms. The first kappa shape index (κ1) is 17.7. The van der Waals surface area contributed by atoms with Gasteiger partial charge in [-0.15, -0.1) is 0 Å². The Morgan fingerprint density at radius 1 is 1.08 bits per heavy atom. The maximum Gasteiger partial charge on any atom is 0.190 e. The average molecular weight is 351 g/mol. The molecule has 2 heterocycles. The van der Waals surface area contributed by atoms with Gasteiger partial charge in [-0.25, -0.2) is 4.68 Å². The number of guanidine groups is 1. The Bertz CT molecular complexity index is 790. The normalized spacial score (nSPS) is 11.5. The van der Waals surface area contributed by atoms with Crippen LogP contribution in [0.5, 0.6) is 0 Å². The molecule has 0 aliphatic heterocycles. The third kappa shape index (κ3) is 5.20. The second-order valence-corrected chi connectivity index (χ2v) is 5.93. The highest BCUT2D eigenvalue weighted by atomic mass is 15.3. The summed E-state index contributed by atoms with van der Waals surface area (Å²) in [5.74, 6) is 0.820. The van der Waals surface area contributed by atoms with Gasteiger partial charge in [0.25, 0.3) is 0 Å². The second kappa shape index (κ2) is 9.41. The Kier molecular flexibility index (Phi) is 6.41. The zero-order valence-electron chi connectivity index (χ0n) is 15.0. The summed E-state index contributed by atoms with van der Waals surface area (Å²) in [5, 5.41) is 15.3. The van der Waals surface area contributed by atoms with Crippen molar-refractivity contribution in [1.29, 1.82) is 0 Å². The van der Waals surface area contributed by atoms with Gasteiger partial charge in [-0.3, -0.25) is 9.67 Å². The first-order valence-corrected chi connectivity index (χ1v) is 8.86. The molecule has 0 unspecified atom stereocenters. The van der Waals surface area contributed by atoms with Crippen molar-refractivity contribution >= 4 is 5.96 Å². The van der Waals surface area contributed by atoms with E-state index in [-0.39, 0.29) is 0 Å². The Hall–Kier alpha value is -3.09. The van der Waals surface area contributed by atoms with E-state index in [1.807, 2.05) is 58.2 Å². The average Bonchev–Trinajstić information content (AvgIpc) is 3.36. The molecule has 0 fully saturated rings. The standard InChI is InChI=1S/C19H25N7/c1-20-19(21-10-5-13-25-14-6-11-23-25)22-12-9-17-15-24-26(16-17)18-7-3-2-4-8-18/h2-4,6-8,11,14-16H,5,9-10,12-13H2,1H3,(H2,20,21,22). The molecule has 2 N–H and O–H groups in total. The van der Waals surface area contributed by atoms with Crippen LogP contribution in [0.4, 0.5) is 0 Å². The zero-order valence-corrected chi connectivity index (χ0v) is 15.0. The van der Waals surface area contributed by atoms with E-state index in [9.17, 15) is 0 Å². The summed E-state index contributed by atoms with van der Waals surface area (Å²) >= 11 is 0. The number of aryl methyl sites for hydroxylation is 1. The number of benzene rings is 1. The molecular weight excluding hydrogens is 326 g/mol. The van der Waals surface area contributed by atoms with Crippen LogP contribution in [0.1, 0.15) is 12.0 Å². The summed E-state index contributed by atoms with van der Waals surface area (Å²) < 4.78 is 3.83.